The molecule has 2 aromatic carbocycles. The van der Waals surface area contributed by atoms with E-state index in [1.54, 1.807) is 36.4 Å². The van der Waals surface area contributed by atoms with Crippen molar-refractivity contribution in [3.8, 4) is 0 Å². The number of benzene rings is 2. The van der Waals surface area contributed by atoms with Crippen molar-refractivity contribution in [1.82, 2.24) is 5.32 Å². The van der Waals surface area contributed by atoms with Crippen molar-refractivity contribution < 1.29 is 31.3 Å². The number of cyclic esters (lactones) is 1. The Labute approximate surface area is 189 Å². The minimum atomic E-state index is -0.575. The number of amides is 2. The first-order chi connectivity index (χ1) is 15.5. The Kier molecular flexibility index (Phi) is 6.91. The van der Waals surface area contributed by atoms with Gasteiger partial charge in [0.25, 0.3) is 0 Å². The third-order valence-corrected chi connectivity index (χ3v) is 5.46. The van der Waals surface area contributed by atoms with Crippen LogP contribution in [0.4, 0.5) is 20.6 Å². The Morgan fingerprint density at radius 2 is 2.06 bits per heavy atom. The van der Waals surface area contributed by atoms with Crippen LogP contribution in [0.15, 0.2) is 42.5 Å². The van der Waals surface area contributed by atoms with Gasteiger partial charge in [-0.3, -0.25) is 9.69 Å². The summed E-state index contributed by atoms with van der Waals surface area (Å²) in [6, 6.07) is 11.7. The molecule has 0 unspecified atom stereocenters. The third kappa shape index (κ3) is 5.20. The minimum Gasteiger partial charge on any atom is -0.450 e. The van der Waals surface area contributed by atoms with E-state index in [4.69, 9.17) is 14.5 Å². The van der Waals surface area contributed by atoms with Gasteiger partial charge in [-0.15, -0.1) is 0 Å². The molecule has 2 fully saturated rings. The number of ether oxygens (including phenoxy) is 2. The number of rotatable bonds is 7. The van der Waals surface area contributed by atoms with E-state index in [0.717, 1.165) is 13.0 Å². The maximum absolute atomic E-state index is 14.7. The fraction of sp³-hybridized carbons (Fsp3) is 0.364. The number of carbonyl (C=O) groups is 2. The molecule has 0 aliphatic carbocycles. The van der Waals surface area contributed by atoms with Gasteiger partial charge in [-0.1, -0.05) is 29.7 Å². The molecule has 0 spiro atoms. The van der Waals surface area contributed by atoms with Crippen molar-refractivity contribution in [2.75, 3.05) is 49.2 Å². The normalized spacial score (nSPS) is 18.4. The van der Waals surface area contributed by atoms with E-state index in [9.17, 15) is 14.0 Å². The summed E-state index contributed by atoms with van der Waals surface area (Å²) in [5.41, 5.74) is 2.26. The topological polar surface area (TPSA) is 91.3 Å². The Bertz CT molecular complexity index is 997. The van der Waals surface area contributed by atoms with E-state index in [1.165, 1.54) is 11.0 Å². The highest BCUT2D eigenvalue weighted by Gasteiger charge is 2.33. The van der Waals surface area contributed by atoms with Crippen LogP contribution in [0.5, 0.6) is 0 Å². The van der Waals surface area contributed by atoms with Gasteiger partial charge in [0.05, 0.1) is 44.1 Å². The molecular formula is C22H28BFN3O5. The van der Waals surface area contributed by atoms with E-state index in [0.29, 0.717) is 43.1 Å². The molecule has 0 aromatic heterocycles. The second-order valence-corrected chi connectivity index (χ2v) is 7.71. The predicted molar refractivity (Wildman–Crippen MR) is 122 cm³/mol. The molecule has 2 heterocycles. The lowest BCUT2D eigenvalue weighted by Crippen LogP contribution is -2.37. The van der Waals surface area contributed by atoms with Crippen LogP contribution < -0.4 is 20.6 Å². The van der Waals surface area contributed by atoms with Gasteiger partial charge in [-0.25, -0.2) is 9.18 Å². The van der Waals surface area contributed by atoms with Crippen molar-refractivity contribution >= 4 is 36.3 Å². The first kappa shape index (κ1) is 22.1. The summed E-state index contributed by atoms with van der Waals surface area (Å²) < 4.78 is 25.3. The van der Waals surface area contributed by atoms with Gasteiger partial charge in [0.2, 0.25) is 5.91 Å². The van der Waals surface area contributed by atoms with Crippen LogP contribution in [0.1, 0.15) is 8.42 Å². The van der Waals surface area contributed by atoms with E-state index in [1.807, 2.05) is 4.90 Å². The van der Waals surface area contributed by atoms with Crippen molar-refractivity contribution in [1.29, 1.82) is 0 Å². The molecule has 2 aliphatic heterocycles. The molecule has 2 amide bonds. The molecule has 10 heteroatoms. The standard InChI is InChI=1S/C22H24BFN3O5.2H2/c24-19-12-17(4-5-20(19)26-6-8-31-9-7-26)27-14-18(32-22(27)29)13-25-21(28)11-15-2-1-3-16(10-15)23-30;;/h1-5,10,12,18,30H,6-9,11,13-14H2,(H,25,28);2*1H/t18-;;/m0../s1. The maximum atomic E-state index is 14.7. The number of halogens is 1. The average Bonchev–Trinajstić information content (AvgIpc) is 3.19. The number of hydrogen-bond acceptors (Lipinski definition) is 6. The lowest BCUT2D eigenvalue weighted by molar-refractivity contribution is -0.120. The summed E-state index contributed by atoms with van der Waals surface area (Å²) in [5, 5.41) is 11.8. The van der Waals surface area contributed by atoms with Gasteiger partial charge in [0.1, 0.15) is 11.9 Å². The van der Waals surface area contributed by atoms with Crippen LogP contribution in [0.25, 0.3) is 0 Å². The van der Waals surface area contributed by atoms with Crippen LogP contribution in [-0.2, 0) is 20.7 Å². The van der Waals surface area contributed by atoms with Crippen LogP contribution in [0.2, 0.25) is 0 Å². The minimum absolute atomic E-state index is 0. The van der Waals surface area contributed by atoms with E-state index in [2.05, 4.69) is 5.32 Å². The highest BCUT2D eigenvalue weighted by molar-refractivity contribution is 6.45. The predicted octanol–water partition coefficient (Wildman–Crippen LogP) is 1.08. The molecule has 0 saturated carbocycles. The molecule has 1 atom stereocenters. The molecule has 2 aliphatic rings. The van der Waals surface area contributed by atoms with Crippen LogP contribution in [0.3, 0.4) is 0 Å². The highest BCUT2D eigenvalue weighted by Crippen LogP contribution is 2.28. The number of morpholine rings is 1. The van der Waals surface area contributed by atoms with Crippen LogP contribution in [-0.4, -0.2) is 70.0 Å². The van der Waals surface area contributed by atoms with Crippen molar-refractivity contribution in [2.24, 2.45) is 0 Å². The molecular weight excluding hydrogens is 416 g/mol. The van der Waals surface area contributed by atoms with E-state index < -0.39 is 18.0 Å². The molecule has 32 heavy (non-hydrogen) atoms. The van der Waals surface area contributed by atoms with E-state index in [-0.39, 0.29) is 28.3 Å². The first-order valence-electron chi connectivity index (χ1n) is 10.5. The smallest absolute Gasteiger partial charge is 0.414 e. The average molecular weight is 444 g/mol. The van der Waals surface area contributed by atoms with Gasteiger partial charge in [-0.2, -0.15) is 0 Å². The first-order valence-corrected chi connectivity index (χ1v) is 10.5. The van der Waals surface area contributed by atoms with Crippen molar-refractivity contribution in [3.05, 3.63) is 53.8 Å². The fourth-order valence-electron chi connectivity index (χ4n) is 3.82. The molecule has 1 radical (unpaired) electrons. The number of nitrogens with zero attached hydrogens (tertiary/aromatic N) is 2. The maximum Gasteiger partial charge on any atom is 0.414 e. The summed E-state index contributed by atoms with van der Waals surface area (Å²) in [4.78, 5) is 27.8. The van der Waals surface area contributed by atoms with Gasteiger partial charge in [0, 0.05) is 15.9 Å². The zero-order valence-electron chi connectivity index (χ0n) is 17.5. The molecule has 0 bridgehead atoms. The summed E-state index contributed by atoms with van der Waals surface area (Å²) >= 11 is 0. The number of anilines is 2. The number of nitrogens with one attached hydrogen (secondary N) is 1. The number of hydrogen-bond donors (Lipinski definition) is 2. The largest absolute Gasteiger partial charge is 0.450 e. The molecule has 2 aromatic rings. The summed E-state index contributed by atoms with van der Waals surface area (Å²) in [6.07, 6.45) is -0.972. The lowest BCUT2D eigenvalue weighted by atomic mass is 9.87. The molecule has 4 rings (SSSR count). The fourth-order valence-corrected chi connectivity index (χ4v) is 3.82. The third-order valence-electron chi connectivity index (χ3n) is 5.46. The second kappa shape index (κ2) is 10.0. The Morgan fingerprint density at radius 3 is 2.81 bits per heavy atom. The molecule has 2 saturated heterocycles. The summed E-state index contributed by atoms with van der Waals surface area (Å²) in [6.45, 7) is 2.71. The van der Waals surface area contributed by atoms with Crippen molar-refractivity contribution in [3.63, 3.8) is 0 Å². The quantitative estimate of drug-likeness (QED) is 0.622. The zero-order chi connectivity index (χ0) is 22.5. The van der Waals surface area contributed by atoms with E-state index >= 15 is 0 Å². The lowest BCUT2D eigenvalue weighted by Gasteiger charge is -2.29. The molecule has 8 nitrogen and oxygen atoms in total. The summed E-state index contributed by atoms with van der Waals surface area (Å²) in [5.74, 6) is -0.633. The Hall–Kier alpha value is -3.11. The van der Waals surface area contributed by atoms with Gasteiger partial charge < -0.3 is 24.7 Å². The number of carbonyl (C=O) groups excluding carboxylic acids is 2. The van der Waals surface area contributed by atoms with Crippen molar-refractivity contribution in [2.45, 2.75) is 12.5 Å². The van der Waals surface area contributed by atoms with Crippen LogP contribution in [0, 0.1) is 5.82 Å². The zero-order valence-corrected chi connectivity index (χ0v) is 17.5. The molecule has 2 N–H and O–H groups in total. The Balaban J connectivity index is 0.00000204. The monoisotopic (exact) mass is 444 g/mol. The highest BCUT2D eigenvalue weighted by atomic mass is 19.1. The van der Waals surface area contributed by atoms with Gasteiger partial charge >= 0.3 is 13.6 Å². The van der Waals surface area contributed by atoms with Gasteiger partial charge in [0.15, 0.2) is 0 Å². The van der Waals surface area contributed by atoms with Gasteiger partial charge in [-0.05, 0) is 23.8 Å². The Morgan fingerprint density at radius 1 is 1.25 bits per heavy atom. The van der Waals surface area contributed by atoms with Crippen LogP contribution >= 0.6 is 0 Å². The SMILES string of the molecule is O=C(Cc1cccc([B]O)c1)NC[C@H]1CN(c2ccc(N3CCOCC3)c(F)c2)C(=O)O1.[HH].[HH]. The molecule has 171 valence electrons. The summed E-state index contributed by atoms with van der Waals surface area (Å²) in [7, 11) is 0.976. The second-order valence-electron chi connectivity index (χ2n) is 7.71.